The van der Waals surface area contributed by atoms with Gasteiger partial charge in [-0.1, -0.05) is 23.8 Å². The molecule has 3 rings (SSSR count). The summed E-state index contributed by atoms with van der Waals surface area (Å²) in [5, 5.41) is 2.91. The fourth-order valence-electron chi connectivity index (χ4n) is 2.91. The number of amides is 2. The number of hydrogen-bond acceptors (Lipinski definition) is 2. The van der Waals surface area contributed by atoms with Gasteiger partial charge in [0.2, 0.25) is 11.8 Å². The summed E-state index contributed by atoms with van der Waals surface area (Å²) in [4.78, 5) is 26.5. The van der Waals surface area contributed by atoms with Gasteiger partial charge < -0.3 is 10.2 Å². The van der Waals surface area contributed by atoms with E-state index in [0.29, 0.717) is 6.54 Å². The largest absolute Gasteiger partial charge is 0.326 e. The highest BCUT2D eigenvalue weighted by Crippen LogP contribution is 2.27. The van der Waals surface area contributed by atoms with Gasteiger partial charge in [-0.25, -0.2) is 0 Å². The molecule has 0 spiro atoms. The Morgan fingerprint density at radius 1 is 1.04 bits per heavy atom. The SMILES string of the molecule is Cc1ccc(NC(=O)[C@@H]2CC(=O)N(c3ccc(C)c(C)c3)C2)cc1. The predicted molar refractivity (Wildman–Crippen MR) is 96.2 cm³/mol. The van der Waals surface area contributed by atoms with E-state index < -0.39 is 0 Å². The number of carbonyl (C=O) groups excluding carboxylic acids is 2. The Morgan fingerprint density at radius 2 is 1.75 bits per heavy atom. The second kappa shape index (κ2) is 6.48. The molecule has 0 unspecified atom stereocenters. The van der Waals surface area contributed by atoms with Crippen LogP contribution in [-0.2, 0) is 9.59 Å². The molecule has 1 atom stereocenters. The zero-order valence-corrected chi connectivity index (χ0v) is 14.3. The van der Waals surface area contributed by atoms with Crippen molar-refractivity contribution in [1.82, 2.24) is 0 Å². The van der Waals surface area contributed by atoms with Gasteiger partial charge in [-0.2, -0.15) is 0 Å². The minimum absolute atomic E-state index is 0.00214. The molecule has 1 saturated heterocycles. The summed E-state index contributed by atoms with van der Waals surface area (Å²) in [5.74, 6) is -0.416. The second-order valence-electron chi connectivity index (χ2n) is 6.53. The predicted octanol–water partition coefficient (Wildman–Crippen LogP) is 3.60. The first-order valence-corrected chi connectivity index (χ1v) is 8.19. The van der Waals surface area contributed by atoms with E-state index in [1.165, 1.54) is 5.56 Å². The molecule has 0 radical (unpaired) electrons. The summed E-state index contributed by atoms with van der Waals surface area (Å²) in [6.07, 6.45) is 0.255. The van der Waals surface area contributed by atoms with Gasteiger partial charge in [0.05, 0.1) is 5.92 Å². The molecule has 0 bridgehead atoms. The summed E-state index contributed by atoms with van der Waals surface area (Å²) in [6, 6.07) is 13.6. The summed E-state index contributed by atoms with van der Waals surface area (Å²) in [6.45, 7) is 6.51. The third kappa shape index (κ3) is 3.32. The van der Waals surface area contributed by atoms with Crippen molar-refractivity contribution in [2.75, 3.05) is 16.8 Å². The molecule has 2 amide bonds. The molecular weight excluding hydrogens is 300 g/mol. The van der Waals surface area contributed by atoms with Crippen LogP contribution in [-0.4, -0.2) is 18.4 Å². The summed E-state index contributed by atoms with van der Waals surface area (Å²) in [7, 11) is 0. The van der Waals surface area contributed by atoms with Gasteiger partial charge in [0.25, 0.3) is 0 Å². The molecule has 2 aromatic rings. The molecule has 4 nitrogen and oxygen atoms in total. The van der Waals surface area contributed by atoms with Crippen LogP contribution in [0, 0.1) is 26.7 Å². The second-order valence-corrected chi connectivity index (χ2v) is 6.53. The first-order valence-electron chi connectivity index (χ1n) is 8.19. The monoisotopic (exact) mass is 322 g/mol. The summed E-state index contributed by atoms with van der Waals surface area (Å²) < 4.78 is 0. The maximum absolute atomic E-state index is 12.5. The van der Waals surface area contributed by atoms with Crippen LogP contribution in [0.5, 0.6) is 0 Å². The van der Waals surface area contributed by atoms with Gasteiger partial charge in [0, 0.05) is 24.3 Å². The lowest BCUT2D eigenvalue weighted by molar-refractivity contribution is -0.122. The minimum atomic E-state index is -0.319. The van der Waals surface area contributed by atoms with E-state index >= 15 is 0 Å². The molecule has 0 aromatic heterocycles. The first-order chi connectivity index (χ1) is 11.4. The molecule has 0 saturated carbocycles. The van der Waals surface area contributed by atoms with Crippen LogP contribution in [0.4, 0.5) is 11.4 Å². The quantitative estimate of drug-likeness (QED) is 0.938. The topological polar surface area (TPSA) is 49.4 Å². The van der Waals surface area contributed by atoms with Crippen LogP contribution in [0.2, 0.25) is 0 Å². The van der Waals surface area contributed by atoms with Gasteiger partial charge in [-0.3, -0.25) is 9.59 Å². The molecule has 2 aromatic carbocycles. The lowest BCUT2D eigenvalue weighted by Gasteiger charge is -2.18. The number of benzene rings is 2. The van der Waals surface area contributed by atoms with E-state index in [0.717, 1.165) is 22.5 Å². The number of hydrogen-bond donors (Lipinski definition) is 1. The van der Waals surface area contributed by atoms with Gasteiger partial charge >= 0.3 is 0 Å². The van der Waals surface area contributed by atoms with Crippen LogP contribution in [0.3, 0.4) is 0 Å². The molecule has 1 aliphatic rings. The zero-order chi connectivity index (χ0) is 17.3. The van der Waals surface area contributed by atoms with Crippen LogP contribution in [0.25, 0.3) is 0 Å². The molecular formula is C20H22N2O2. The number of nitrogens with zero attached hydrogens (tertiary/aromatic N) is 1. The van der Waals surface area contributed by atoms with Crippen molar-refractivity contribution in [3.05, 3.63) is 59.2 Å². The molecule has 1 N–H and O–H groups in total. The maximum Gasteiger partial charge on any atom is 0.229 e. The van der Waals surface area contributed by atoms with E-state index in [4.69, 9.17) is 0 Å². The Kier molecular flexibility index (Phi) is 4.38. The average Bonchev–Trinajstić information content (AvgIpc) is 2.94. The van der Waals surface area contributed by atoms with Crippen molar-refractivity contribution in [1.29, 1.82) is 0 Å². The fraction of sp³-hybridized carbons (Fsp3) is 0.300. The van der Waals surface area contributed by atoms with Gasteiger partial charge in [-0.15, -0.1) is 0 Å². The smallest absolute Gasteiger partial charge is 0.229 e. The zero-order valence-electron chi connectivity index (χ0n) is 14.3. The number of anilines is 2. The van der Waals surface area contributed by atoms with E-state index in [2.05, 4.69) is 5.32 Å². The summed E-state index contributed by atoms with van der Waals surface area (Å²) >= 11 is 0. The number of carbonyl (C=O) groups is 2. The van der Waals surface area contributed by atoms with Crippen LogP contribution >= 0.6 is 0 Å². The van der Waals surface area contributed by atoms with Crippen molar-refractivity contribution in [2.45, 2.75) is 27.2 Å². The minimum Gasteiger partial charge on any atom is -0.326 e. The van der Waals surface area contributed by atoms with E-state index in [-0.39, 0.29) is 24.2 Å². The van der Waals surface area contributed by atoms with Crippen molar-refractivity contribution in [3.8, 4) is 0 Å². The van der Waals surface area contributed by atoms with Crippen molar-refractivity contribution in [2.24, 2.45) is 5.92 Å². The standard InChI is InChI=1S/C20H22N2O2/c1-13-4-7-17(8-5-13)21-20(24)16-11-19(23)22(12-16)18-9-6-14(2)15(3)10-18/h4-10,16H,11-12H2,1-3H3,(H,21,24)/t16-/m1/s1. The lowest BCUT2D eigenvalue weighted by atomic mass is 10.1. The molecule has 124 valence electrons. The highest BCUT2D eigenvalue weighted by molar-refractivity contribution is 6.03. The van der Waals surface area contributed by atoms with Crippen molar-refractivity contribution in [3.63, 3.8) is 0 Å². The van der Waals surface area contributed by atoms with Crippen molar-refractivity contribution >= 4 is 23.2 Å². The first kappa shape index (κ1) is 16.2. The summed E-state index contributed by atoms with van der Waals surface area (Å²) in [5.41, 5.74) is 5.12. The Bertz CT molecular complexity index is 781. The highest BCUT2D eigenvalue weighted by Gasteiger charge is 2.35. The highest BCUT2D eigenvalue weighted by atomic mass is 16.2. The Labute approximate surface area is 142 Å². The fourth-order valence-corrected chi connectivity index (χ4v) is 2.91. The molecule has 0 aliphatic carbocycles. The molecule has 1 aliphatic heterocycles. The normalized spacial score (nSPS) is 17.2. The number of nitrogens with one attached hydrogen (secondary N) is 1. The van der Waals surface area contributed by atoms with Crippen molar-refractivity contribution < 1.29 is 9.59 Å². The average molecular weight is 322 g/mol. The third-order valence-corrected chi connectivity index (χ3v) is 4.62. The third-order valence-electron chi connectivity index (χ3n) is 4.62. The van der Waals surface area contributed by atoms with Crippen LogP contribution in [0.15, 0.2) is 42.5 Å². The van der Waals surface area contributed by atoms with E-state index in [9.17, 15) is 9.59 Å². The van der Waals surface area contributed by atoms with Gasteiger partial charge in [0.1, 0.15) is 0 Å². The Balaban J connectivity index is 1.70. The van der Waals surface area contributed by atoms with E-state index in [1.807, 2.05) is 63.2 Å². The van der Waals surface area contributed by atoms with Gasteiger partial charge in [-0.05, 0) is 56.2 Å². The Morgan fingerprint density at radius 3 is 2.42 bits per heavy atom. The maximum atomic E-state index is 12.5. The molecule has 1 heterocycles. The van der Waals surface area contributed by atoms with Crippen LogP contribution in [0.1, 0.15) is 23.1 Å². The Hall–Kier alpha value is -2.62. The molecule has 1 fully saturated rings. The number of rotatable bonds is 3. The molecule has 4 heteroatoms. The lowest BCUT2D eigenvalue weighted by Crippen LogP contribution is -2.28. The number of aryl methyl sites for hydroxylation is 3. The van der Waals surface area contributed by atoms with Gasteiger partial charge in [0.15, 0.2) is 0 Å². The molecule has 24 heavy (non-hydrogen) atoms. The van der Waals surface area contributed by atoms with Crippen LogP contribution < -0.4 is 10.2 Å². The van der Waals surface area contributed by atoms with E-state index in [1.54, 1.807) is 4.90 Å².